The Hall–Kier alpha value is -0.250. The molecule has 5 heteroatoms. The number of carbonyl (C=O) groups is 1. The fraction of sp³-hybridized carbons (Fsp3) is 0.417. The molecule has 0 atom stereocenters. The number of carbonyl (C=O) groups excluding carboxylic acids is 1. The van der Waals surface area contributed by atoms with Crippen LogP contribution in [-0.4, -0.2) is 22.2 Å². The molecule has 0 saturated heterocycles. The van der Waals surface area contributed by atoms with E-state index in [1.165, 1.54) is 0 Å². The third-order valence-corrected chi connectivity index (χ3v) is 3.49. The fourth-order valence-electron chi connectivity index (χ4n) is 1.45. The molecule has 1 aromatic rings. The minimum Gasteiger partial charge on any atom is -0.340 e. The van der Waals surface area contributed by atoms with Crippen LogP contribution in [0.4, 0.5) is 0 Å². The Labute approximate surface area is 120 Å². The van der Waals surface area contributed by atoms with Crippen LogP contribution in [0.5, 0.6) is 0 Å². The maximum absolute atomic E-state index is 12.0. The SMILES string of the molecule is CN(Cc1cccc(Cl)c1Cl)C(=O)C(C)(C)Br. The minimum atomic E-state index is -0.577. The lowest BCUT2D eigenvalue weighted by Gasteiger charge is -2.25. The van der Waals surface area contributed by atoms with Crippen molar-refractivity contribution in [3.05, 3.63) is 33.8 Å². The lowest BCUT2D eigenvalue weighted by atomic mass is 10.1. The van der Waals surface area contributed by atoms with Gasteiger partial charge in [-0.3, -0.25) is 4.79 Å². The van der Waals surface area contributed by atoms with Gasteiger partial charge in [0, 0.05) is 13.6 Å². The Morgan fingerprint density at radius 1 is 1.41 bits per heavy atom. The van der Waals surface area contributed by atoms with E-state index in [0.29, 0.717) is 16.6 Å². The normalized spacial score (nSPS) is 11.4. The second kappa shape index (κ2) is 5.59. The molecule has 0 spiro atoms. The minimum absolute atomic E-state index is 0.00598. The van der Waals surface area contributed by atoms with Crippen molar-refractivity contribution in [2.45, 2.75) is 24.7 Å². The van der Waals surface area contributed by atoms with Crippen LogP contribution >= 0.6 is 39.1 Å². The highest BCUT2D eigenvalue weighted by molar-refractivity contribution is 9.10. The molecule has 0 aliphatic rings. The Morgan fingerprint density at radius 2 is 2.00 bits per heavy atom. The molecule has 0 aliphatic heterocycles. The molecule has 0 heterocycles. The third kappa shape index (κ3) is 3.87. The molecule has 0 saturated carbocycles. The van der Waals surface area contributed by atoms with E-state index in [1.54, 1.807) is 18.0 Å². The van der Waals surface area contributed by atoms with E-state index >= 15 is 0 Å². The number of benzene rings is 1. The maximum atomic E-state index is 12.0. The molecule has 0 aromatic heterocycles. The second-order valence-corrected chi connectivity index (χ2v) is 7.11. The Kier molecular flexibility index (Phi) is 4.87. The zero-order valence-electron chi connectivity index (χ0n) is 9.93. The average molecular weight is 339 g/mol. The quantitative estimate of drug-likeness (QED) is 0.759. The lowest BCUT2D eigenvalue weighted by Crippen LogP contribution is -2.38. The number of hydrogen-bond donors (Lipinski definition) is 0. The van der Waals surface area contributed by atoms with Crippen LogP contribution in [0.1, 0.15) is 19.4 Å². The number of rotatable bonds is 3. The molecular formula is C12H14BrCl2NO. The summed E-state index contributed by atoms with van der Waals surface area (Å²) in [5, 5.41) is 1.00. The Morgan fingerprint density at radius 3 is 2.53 bits per heavy atom. The van der Waals surface area contributed by atoms with Crippen molar-refractivity contribution in [3.63, 3.8) is 0 Å². The molecular weight excluding hydrogens is 325 g/mol. The largest absolute Gasteiger partial charge is 0.340 e. The van der Waals surface area contributed by atoms with Crippen LogP contribution in [0.15, 0.2) is 18.2 Å². The van der Waals surface area contributed by atoms with E-state index in [2.05, 4.69) is 15.9 Å². The predicted molar refractivity (Wildman–Crippen MR) is 75.9 cm³/mol. The molecule has 2 nitrogen and oxygen atoms in total. The topological polar surface area (TPSA) is 20.3 Å². The fourth-order valence-corrected chi connectivity index (χ4v) is 2.13. The number of nitrogens with zero attached hydrogens (tertiary/aromatic N) is 1. The summed E-state index contributed by atoms with van der Waals surface area (Å²) < 4.78 is -0.577. The number of alkyl halides is 1. The van der Waals surface area contributed by atoms with Crippen LogP contribution in [0.2, 0.25) is 10.0 Å². The monoisotopic (exact) mass is 337 g/mol. The summed E-state index contributed by atoms with van der Waals surface area (Å²) >= 11 is 15.3. The predicted octanol–water partition coefficient (Wildman–Crippen LogP) is 4.13. The molecule has 0 unspecified atom stereocenters. The van der Waals surface area contributed by atoms with Crippen LogP contribution in [0, 0.1) is 0 Å². The second-order valence-electron chi connectivity index (χ2n) is 4.35. The first-order valence-electron chi connectivity index (χ1n) is 5.11. The van der Waals surface area contributed by atoms with Gasteiger partial charge in [0.15, 0.2) is 0 Å². The molecule has 0 radical (unpaired) electrons. The van der Waals surface area contributed by atoms with Crippen molar-refractivity contribution >= 4 is 45.0 Å². The Balaban J connectivity index is 2.85. The summed E-state index contributed by atoms with van der Waals surface area (Å²) in [5.41, 5.74) is 0.840. The van der Waals surface area contributed by atoms with E-state index in [1.807, 2.05) is 26.0 Å². The van der Waals surface area contributed by atoms with Gasteiger partial charge in [-0.2, -0.15) is 0 Å². The van der Waals surface area contributed by atoms with Crippen molar-refractivity contribution in [3.8, 4) is 0 Å². The molecule has 0 N–H and O–H groups in total. The van der Waals surface area contributed by atoms with Crippen LogP contribution in [0.3, 0.4) is 0 Å². The average Bonchev–Trinajstić information content (AvgIpc) is 2.22. The van der Waals surface area contributed by atoms with Gasteiger partial charge in [0.2, 0.25) is 5.91 Å². The molecule has 1 rings (SSSR count). The molecule has 0 aliphatic carbocycles. The van der Waals surface area contributed by atoms with E-state index in [0.717, 1.165) is 5.56 Å². The molecule has 0 fully saturated rings. The highest BCUT2D eigenvalue weighted by Gasteiger charge is 2.27. The standard InChI is InChI=1S/C12H14BrCl2NO/c1-12(2,13)11(17)16(3)7-8-5-4-6-9(14)10(8)15/h4-6H,7H2,1-3H3. The summed E-state index contributed by atoms with van der Waals surface area (Å²) in [6, 6.07) is 5.41. The van der Waals surface area contributed by atoms with Gasteiger partial charge >= 0.3 is 0 Å². The van der Waals surface area contributed by atoms with E-state index in [-0.39, 0.29) is 5.91 Å². The summed E-state index contributed by atoms with van der Waals surface area (Å²) in [4.78, 5) is 13.6. The van der Waals surface area contributed by atoms with Gasteiger partial charge < -0.3 is 4.90 Å². The van der Waals surface area contributed by atoms with Crippen LogP contribution in [-0.2, 0) is 11.3 Å². The van der Waals surface area contributed by atoms with Gasteiger partial charge in [-0.1, -0.05) is 51.3 Å². The van der Waals surface area contributed by atoms with Crippen LogP contribution < -0.4 is 0 Å². The zero-order chi connectivity index (χ0) is 13.2. The summed E-state index contributed by atoms with van der Waals surface area (Å²) in [7, 11) is 1.74. The Bertz CT molecular complexity index is 429. The van der Waals surface area contributed by atoms with Crippen molar-refractivity contribution in [2.24, 2.45) is 0 Å². The molecule has 1 aromatic carbocycles. The summed E-state index contributed by atoms with van der Waals surface area (Å²) in [5.74, 6) is -0.00598. The van der Waals surface area contributed by atoms with Gasteiger partial charge in [0.25, 0.3) is 0 Å². The number of halogens is 3. The smallest absolute Gasteiger partial charge is 0.238 e. The highest BCUT2D eigenvalue weighted by atomic mass is 79.9. The van der Waals surface area contributed by atoms with E-state index in [4.69, 9.17) is 23.2 Å². The summed E-state index contributed by atoms with van der Waals surface area (Å²) in [6.07, 6.45) is 0. The summed E-state index contributed by atoms with van der Waals surface area (Å²) in [6.45, 7) is 4.06. The first-order chi connectivity index (χ1) is 7.73. The molecule has 1 amide bonds. The van der Waals surface area contributed by atoms with Gasteiger partial charge in [-0.05, 0) is 25.5 Å². The van der Waals surface area contributed by atoms with Gasteiger partial charge in [0.1, 0.15) is 0 Å². The van der Waals surface area contributed by atoms with Crippen LogP contribution in [0.25, 0.3) is 0 Å². The molecule has 94 valence electrons. The van der Waals surface area contributed by atoms with Gasteiger partial charge in [-0.25, -0.2) is 0 Å². The number of amides is 1. The van der Waals surface area contributed by atoms with Crippen molar-refractivity contribution < 1.29 is 4.79 Å². The first-order valence-corrected chi connectivity index (χ1v) is 6.65. The molecule has 0 bridgehead atoms. The van der Waals surface area contributed by atoms with Gasteiger partial charge in [-0.15, -0.1) is 0 Å². The van der Waals surface area contributed by atoms with E-state index < -0.39 is 4.32 Å². The number of hydrogen-bond acceptors (Lipinski definition) is 1. The third-order valence-electron chi connectivity index (χ3n) is 2.29. The van der Waals surface area contributed by atoms with Crippen molar-refractivity contribution in [1.29, 1.82) is 0 Å². The highest BCUT2D eigenvalue weighted by Crippen LogP contribution is 2.27. The maximum Gasteiger partial charge on any atom is 0.238 e. The van der Waals surface area contributed by atoms with Gasteiger partial charge in [0.05, 0.1) is 14.4 Å². The van der Waals surface area contributed by atoms with Crippen molar-refractivity contribution in [2.75, 3.05) is 7.05 Å². The lowest BCUT2D eigenvalue weighted by molar-refractivity contribution is -0.131. The zero-order valence-corrected chi connectivity index (χ0v) is 13.0. The van der Waals surface area contributed by atoms with E-state index in [9.17, 15) is 4.79 Å². The van der Waals surface area contributed by atoms with Crippen molar-refractivity contribution in [1.82, 2.24) is 4.90 Å². The first kappa shape index (κ1) is 14.8. The molecule has 17 heavy (non-hydrogen) atoms.